The van der Waals surface area contributed by atoms with E-state index in [-0.39, 0.29) is 4.70 Å². The lowest BCUT2D eigenvalue weighted by Crippen LogP contribution is -2.26. The monoisotopic (exact) mass is 191 g/mol. The molecule has 0 fully saturated rings. The predicted molar refractivity (Wildman–Crippen MR) is 46.0 cm³/mol. The Morgan fingerprint density at radius 3 is 2.17 bits per heavy atom. The second kappa shape index (κ2) is 4.30. The molecule has 0 amide bonds. The van der Waals surface area contributed by atoms with E-state index in [2.05, 4.69) is 0 Å². The van der Waals surface area contributed by atoms with Gasteiger partial charge in [-0.2, -0.15) is 0 Å². The first-order valence-electron chi connectivity index (χ1n) is 3.37. The zero-order valence-electron chi connectivity index (χ0n) is 6.90. The predicted octanol–water partition coefficient (Wildman–Crippen LogP) is 2.08. The summed E-state index contributed by atoms with van der Waals surface area (Å²) >= 11 is 0. The van der Waals surface area contributed by atoms with Gasteiger partial charge >= 0.3 is 0 Å². The van der Waals surface area contributed by atoms with Gasteiger partial charge in [-0.15, -0.1) is 0 Å². The highest BCUT2D eigenvalue weighted by molar-refractivity contribution is 6.70. The van der Waals surface area contributed by atoms with Gasteiger partial charge in [-0.25, -0.2) is 8.78 Å². The number of halogens is 3. The van der Waals surface area contributed by atoms with Gasteiger partial charge < -0.3 is 0 Å². The SMILES string of the molecule is C[Si](C)c1ccc(F)cc1F.F. The zero-order chi connectivity index (χ0) is 8.43. The Bertz CT molecular complexity index is 260. The number of hydrogen-bond donors (Lipinski definition) is 0. The molecular formula is C8H10F3Si. The maximum absolute atomic E-state index is 12.9. The molecule has 1 rings (SSSR count). The summed E-state index contributed by atoms with van der Waals surface area (Å²) in [5.41, 5.74) is 0. The molecule has 0 aromatic heterocycles. The molecule has 0 heterocycles. The van der Waals surface area contributed by atoms with E-state index in [0.29, 0.717) is 5.19 Å². The van der Waals surface area contributed by atoms with E-state index in [1.54, 1.807) is 0 Å². The van der Waals surface area contributed by atoms with E-state index in [4.69, 9.17) is 0 Å². The molecule has 0 atom stereocenters. The van der Waals surface area contributed by atoms with Crippen molar-refractivity contribution in [1.82, 2.24) is 0 Å². The van der Waals surface area contributed by atoms with Gasteiger partial charge in [0.15, 0.2) is 0 Å². The first kappa shape index (κ1) is 11.2. The van der Waals surface area contributed by atoms with Gasteiger partial charge in [-0.3, -0.25) is 4.70 Å². The van der Waals surface area contributed by atoms with Crippen LogP contribution in [0.25, 0.3) is 0 Å². The lowest BCUT2D eigenvalue weighted by atomic mass is 10.3. The Balaban J connectivity index is 0.00000121. The van der Waals surface area contributed by atoms with Crippen LogP contribution in [0.4, 0.5) is 13.5 Å². The minimum Gasteiger partial charge on any atom is -0.269 e. The summed E-state index contributed by atoms with van der Waals surface area (Å²) in [4.78, 5) is 0. The van der Waals surface area contributed by atoms with Gasteiger partial charge in [0.25, 0.3) is 0 Å². The third-order valence-corrected chi connectivity index (χ3v) is 2.95. The van der Waals surface area contributed by atoms with Crippen molar-refractivity contribution in [2.45, 2.75) is 13.1 Å². The van der Waals surface area contributed by atoms with Crippen LogP contribution in [0.5, 0.6) is 0 Å². The molecule has 0 unspecified atom stereocenters. The van der Waals surface area contributed by atoms with E-state index < -0.39 is 20.4 Å². The molecule has 0 bridgehead atoms. The summed E-state index contributed by atoms with van der Waals surface area (Å²) in [7, 11) is -0.800. The Labute approximate surface area is 71.2 Å². The van der Waals surface area contributed by atoms with Crippen LogP contribution in [0.3, 0.4) is 0 Å². The van der Waals surface area contributed by atoms with Crippen LogP contribution in [-0.4, -0.2) is 8.80 Å². The highest BCUT2D eigenvalue weighted by Gasteiger charge is 2.07. The standard InChI is InChI=1S/C8H9F2Si.FH/c1-11(2)8-4-3-6(9)5-7(8)10;/h3-5H,1-2H3;1H. The Hall–Kier alpha value is -0.773. The van der Waals surface area contributed by atoms with Gasteiger partial charge in [-0.05, 0) is 11.3 Å². The highest BCUT2D eigenvalue weighted by atomic mass is 28.3. The van der Waals surface area contributed by atoms with Crippen LogP contribution >= 0.6 is 0 Å². The molecule has 67 valence electrons. The van der Waals surface area contributed by atoms with Crippen molar-refractivity contribution in [2.24, 2.45) is 0 Å². The van der Waals surface area contributed by atoms with Crippen molar-refractivity contribution < 1.29 is 13.5 Å². The van der Waals surface area contributed by atoms with Crippen LogP contribution in [0.1, 0.15) is 0 Å². The molecule has 1 aromatic carbocycles. The minimum absolute atomic E-state index is 0. The summed E-state index contributed by atoms with van der Waals surface area (Å²) in [5.74, 6) is -0.918. The first-order valence-corrected chi connectivity index (χ1v) is 5.87. The zero-order valence-corrected chi connectivity index (χ0v) is 7.90. The van der Waals surface area contributed by atoms with Crippen LogP contribution in [0.15, 0.2) is 18.2 Å². The Morgan fingerprint density at radius 1 is 1.17 bits per heavy atom. The smallest absolute Gasteiger partial charge is 0.126 e. The molecule has 12 heavy (non-hydrogen) atoms. The van der Waals surface area contributed by atoms with E-state index in [1.165, 1.54) is 12.1 Å². The fourth-order valence-corrected chi connectivity index (χ4v) is 1.86. The third-order valence-electron chi connectivity index (χ3n) is 1.47. The summed E-state index contributed by atoms with van der Waals surface area (Å²) in [6, 6.07) is 3.77. The fourth-order valence-electron chi connectivity index (χ4n) is 0.895. The number of hydrogen-bond acceptors (Lipinski definition) is 0. The van der Waals surface area contributed by atoms with E-state index in [9.17, 15) is 8.78 Å². The third kappa shape index (κ3) is 2.37. The average Bonchev–Trinajstić information content (AvgIpc) is 1.85. The molecule has 4 heteroatoms. The van der Waals surface area contributed by atoms with Crippen molar-refractivity contribution in [3.8, 4) is 0 Å². The van der Waals surface area contributed by atoms with Gasteiger partial charge in [0.2, 0.25) is 0 Å². The maximum Gasteiger partial charge on any atom is 0.126 e. The maximum atomic E-state index is 12.9. The summed E-state index contributed by atoms with van der Waals surface area (Å²) in [5, 5.41) is 0.663. The van der Waals surface area contributed by atoms with E-state index in [1.807, 2.05) is 13.1 Å². The highest BCUT2D eigenvalue weighted by Crippen LogP contribution is 2.00. The van der Waals surface area contributed by atoms with Gasteiger partial charge in [0, 0.05) is 6.07 Å². The minimum atomic E-state index is -0.800. The van der Waals surface area contributed by atoms with Crippen LogP contribution in [-0.2, 0) is 0 Å². The molecule has 0 aliphatic carbocycles. The summed E-state index contributed by atoms with van der Waals surface area (Å²) in [6.07, 6.45) is 0. The molecule has 0 saturated carbocycles. The Morgan fingerprint density at radius 2 is 1.75 bits per heavy atom. The molecule has 1 radical (unpaired) electrons. The lowest BCUT2D eigenvalue weighted by molar-refractivity contribution is 0.588. The first-order chi connectivity index (χ1) is 5.11. The van der Waals surface area contributed by atoms with Crippen molar-refractivity contribution in [3.05, 3.63) is 29.8 Å². The molecule has 0 aliphatic heterocycles. The van der Waals surface area contributed by atoms with E-state index >= 15 is 0 Å². The van der Waals surface area contributed by atoms with Crippen molar-refractivity contribution in [2.75, 3.05) is 0 Å². The molecule has 0 N–H and O–H groups in total. The quantitative estimate of drug-likeness (QED) is 0.596. The Kier molecular flexibility index (Phi) is 4.02. The normalized spacial score (nSPS) is 9.75. The van der Waals surface area contributed by atoms with Crippen molar-refractivity contribution in [3.63, 3.8) is 0 Å². The molecule has 0 spiro atoms. The molecule has 0 aliphatic rings. The molecular weight excluding hydrogens is 181 g/mol. The van der Waals surface area contributed by atoms with Gasteiger partial charge in [0.05, 0.1) is 8.80 Å². The fraction of sp³-hybridized carbons (Fsp3) is 0.250. The largest absolute Gasteiger partial charge is 0.269 e. The topological polar surface area (TPSA) is 0 Å². The number of benzene rings is 1. The van der Waals surface area contributed by atoms with Crippen LogP contribution in [0, 0.1) is 11.6 Å². The number of rotatable bonds is 1. The van der Waals surface area contributed by atoms with Crippen LogP contribution < -0.4 is 5.19 Å². The van der Waals surface area contributed by atoms with Gasteiger partial charge in [-0.1, -0.05) is 19.2 Å². The molecule has 1 aromatic rings. The summed E-state index contributed by atoms with van der Waals surface area (Å²) in [6.45, 7) is 3.95. The van der Waals surface area contributed by atoms with Crippen molar-refractivity contribution >= 4 is 14.0 Å². The van der Waals surface area contributed by atoms with Crippen molar-refractivity contribution in [1.29, 1.82) is 0 Å². The second-order valence-corrected chi connectivity index (χ2v) is 5.16. The average molecular weight is 191 g/mol. The van der Waals surface area contributed by atoms with Gasteiger partial charge in [0.1, 0.15) is 11.6 Å². The molecule has 0 nitrogen and oxygen atoms in total. The summed E-state index contributed by atoms with van der Waals surface area (Å²) < 4.78 is 25.3. The lowest BCUT2D eigenvalue weighted by Gasteiger charge is -2.03. The van der Waals surface area contributed by atoms with E-state index in [0.717, 1.165) is 6.07 Å². The second-order valence-electron chi connectivity index (χ2n) is 2.62. The molecule has 0 saturated heterocycles. The van der Waals surface area contributed by atoms with Crippen LogP contribution in [0.2, 0.25) is 13.1 Å².